The third-order valence-corrected chi connectivity index (χ3v) is 5.81. The van der Waals surface area contributed by atoms with Gasteiger partial charge in [0.15, 0.2) is 9.84 Å². The summed E-state index contributed by atoms with van der Waals surface area (Å²) < 4.78 is 23.4. The predicted molar refractivity (Wildman–Crippen MR) is 73.8 cm³/mol. The van der Waals surface area contributed by atoms with Crippen molar-refractivity contribution in [2.45, 2.75) is 38.9 Å². The highest BCUT2D eigenvalue weighted by Crippen LogP contribution is 2.21. The fourth-order valence-electron chi connectivity index (χ4n) is 2.56. The van der Waals surface area contributed by atoms with Gasteiger partial charge in [0.05, 0.1) is 17.5 Å². The van der Waals surface area contributed by atoms with E-state index in [1.54, 1.807) is 4.90 Å². The van der Waals surface area contributed by atoms with E-state index in [1.807, 2.05) is 20.8 Å². The second kappa shape index (κ2) is 5.28. The Morgan fingerprint density at radius 2 is 2.00 bits per heavy atom. The van der Waals surface area contributed by atoms with Gasteiger partial charge in [-0.15, -0.1) is 0 Å². The van der Waals surface area contributed by atoms with E-state index < -0.39 is 9.84 Å². The van der Waals surface area contributed by atoms with Crippen LogP contribution in [0.3, 0.4) is 0 Å². The predicted octanol–water partition coefficient (Wildman–Crippen LogP) is -0.189. The molecule has 3 atom stereocenters. The highest BCUT2D eigenvalue weighted by Gasteiger charge is 2.44. The second-order valence-electron chi connectivity index (χ2n) is 5.88. The summed E-state index contributed by atoms with van der Waals surface area (Å²) in [6, 6.07) is -0.398. The van der Waals surface area contributed by atoms with Gasteiger partial charge < -0.3 is 15.5 Å². The van der Waals surface area contributed by atoms with Gasteiger partial charge in [0, 0.05) is 25.2 Å². The van der Waals surface area contributed by atoms with Crippen molar-refractivity contribution >= 4 is 15.9 Å². The maximum Gasteiger partial charge on any atom is 0.317 e. The van der Waals surface area contributed by atoms with Crippen molar-refractivity contribution < 1.29 is 13.2 Å². The Balaban J connectivity index is 2.05. The van der Waals surface area contributed by atoms with E-state index in [-0.39, 0.29) is 35.7 Å². The lowest BCUT2D eigenvalue weighted by atomic mass is 10.1. The summed E-state index contributed by atoms with van der Waals surface area (Å²) in [5.74, 6) is 0.574. The molecule has 0 aromatic rings. The topological polar surface area (TPSA) is 78.5 Å². The molecule has 0 aromatic heterocycles. The summed E-state index contributed by atoms with van der Waals surface area (Å²) >= 11 is 0. The number of carbonyl (C=O) groups excluding carboxylic acids is 1. The Morgan fingerprint density at radius 3 is 2.63 bits per heavy atom. The molecule has 2 rings (SSSR count). The molecule has 2 amide bonds. The van der Waals surface area contributed by atoms with E-state index in [4.69, 9.17) is 0 Å². The van der Waals surface area contributed by atoms with Crippen molar-refractivity contribution in [3.05, 3.63) is 0 Å². The number of urea groups is 1. The molecule has 0 bridgehead atoms. The molecule has 2 fully saturated rings. The maximum absolute atomic E-state index is 12.3. The average molecular weight is 289 g/mol. The van der Waals surface area contributed by atoms with Crippen LogP contribution < -0.4 is 10.6 Å². The quantitative estimate of drug-likeness (QED) is 0.739. The van der Waals surface area contributed by atoms with Gasteiger partial charge >= 0.3 is 6.03 Å². The van der Waals surface area contributed by atoms with E-state index in [1.165, 1.54) is 0 Å². The van der Waals surface area contributed by atoms with Crippen LogP contribution >= 0.6 is 0 Å². The number of nitrogens with one attached hydrogen (secondary N) is 2. The minimum Gasteiger partial charge on any atom is -0.335 e. The van der Waals surface area contributed by atoms with Crippen LogP contribution in [0.1, 0.15) is 20.8 Å². The molecular weight excluding hydrogens is 266 g/mol. The van der Waals surface area contributed by atoms with E-state index in [0.717, 1.165) is 0 Å². The van der Waals surface area contributed by atoms with Gasteiger partial charge in [-0.25, -0.2) is 13.2 Å². The summed E-state index contributed by atoms with van der Waals surface area (Å²) in [5.41, 5.74) is 0. The molecule has 0 saturated carbocycles. The molecular formula is C12H23N3O3S. The number of rotatable bonds is 2. The molecule has 2 saturated heterocycles. The fourth-order valence-corrected chi connectivity index (χ4v) is 4.52. The van der Waals surface area contributed by atoms with Crippen molar-refractivity contribution in [3.8, 4) is 0 Å². The fraction of sp³-hybridized carbons (Fsp3) is 0.917. The average Bonchev–Trinajstić information content (AvgIpc) is 2.61. The third kappa shape index (κ3) is 3.20. The SMILES string of the molecule is CC(C)C(C)NC(=O)N1CCN[C@@H]2CS(=O)(=O)C[C@@H]21. The number of hydrogen-bond acceptors (Lipinski definition) is 4. The molecule has 0 spiro atoms. The third-order valence-electron chi connectivity index (χ3n) is 4.09. The summed E-state index contributed by atoms with van der Waals surface area (Å²) in [5, 5.41) is 6.15. The van der Waals surface area contributed by atoms with Gasteiger partial charge in [-0.2, -0.15) is 0 Å². The molecule has 110 valence electrons. The molecule has 2 aliphatic heterocycles. The molecule has 0 aliphatic carbocycles. The Kier molecular flexibility index (Phi) is 4.06. The van der Waals surface area contributed by atoms with Gasteiger partial charge in [-0.05, 0) is 12.8 Å². The lowest BCUT2D eigenvalue weighted by molar-refractivity contribution is 0.147. The molecule has 2 heterocycles. The van der Waals surface area contributed by atoms with Crippen molar-refractivity contribution in [1.29, 1.82) is 0 Å². The molecule has 6 nitrogen and oxygen atoms in total. The first-order valence-electron chi connectivity index (χ1n) is 6.81. The molecule has 19 heavy (non-hydrogen) atoms. The van der Waals surface area contributed by atoms with Crippen LogP contribution in [0.25, 0.3) is 0 Å². The van der Waals surface area contributed by atoms with Crippen molar-refractivity contribution in [2.75, 3.05) is 24.6 Å². The Morgan fingerprint density at radius 1 is 1.32 bits per heavy atom. The van der Waals surface area contributed by atoms with Crippen LogP contribution in [-0.4, -0.2) is 62.1 Å². The molecule has 0 radical (unpaired) electrons. The largest absolute Gasteiger partial charge is 0.335 e. The first-order chi connectivity index (χ1) is 8.80. The van der Waals surface area contributed by atoms with Crippen LogP contribution in [0.4, 0.5) is 4.79 Å². The Bertz CT molecular complexity index is 449. The molecule has 2 N–H and O–H groups in total. The van der Waals surface area contributed by atoms with Gasteiger partial charge in [0.25, 0.3) is 0 Å². The molecule has 0 aromatic carbocycles. The number of piperazine rings is 1. The highest BCUT2D eigenvalue weighted by atomic mass is 32.2. The van der Waals surface area contributed by atoms with Crippen molar-refractivity contribution in [1.82, 2.24) is 15.5 Å². The maximum atomic E-state index is 12.3. The second-order valence-corrected chi connectivity index (χ2v) is 8.03. The number of hydrogen-bond donors (Lipinski definition) is 2. The van der Waals surface area contributed by atoms with Gasteiger partial charge in [-0.1, -0.05) is 13.8 Å². The van der Waals surface area contributed by atoms with Gasteiger partial charge in [0.1, 0.15) is 0 Å². The standard InChI is InChI=1S/C12H23N3O3S/c1-8(2)9(3)14-12(16)15-5-4-13-10-6-19(17,18)7-11(10)15/h8-11,13H,4-7H2,1-3H3,(H,14,16)/t9?,10-,11+/m1/s1. The summed E-state index contributed by atoms with van der Waals surface area (Å²) in [7, 11) is -3.02. The first kappa shape index (κ1) is 14.6. The van der Waals surface area contributed by atoms with E-state index in [2.05, 4.69) is 10.6 Å². The number of carbonyl (C=O) groups is 1. The van der Waals surface area contributed by atoms with Crippen LogP contribution in [0.15, 0.2) is 0 Å². The summed E-state index contributed by atoms with van der Waals surface area (Å²) in [4.78, 5) is 13.9. The minimum atomic E-state index is -3.02. The van der Waals surface area contributed by atoms with Crippen LogP contribution in [0, 0.1) is 5.92 Å². The normalized spacial score (nSPS) is 31.1. The van der Waals surface area contributed by atoms with Gasteiger partial charge in [0.2, 0.25) is 0 Å². The van der Waals surface area contributed by atoms with E-state index in [9.17, 15) is 13.2 Å². The zero-order valence-corrected chi connectivity index (χ0v) is 12.5. The van der Waals surface area contributed by atoms with E-state index >= 15 is 0 Å². The number of sulfone groups is 1. The number of amides is 2. The lowest BCUT2D eigenvalue weighted by Gasteiger charge is -2.38. The Hall–Kier alpha value is -0.820. The smallest absolute Gasteiger partial charge is 0.317 e. The first-order valence-corrected chi connectivity index (χ1v) is 8.63. The van der Waals surface area contributed by atoms with Gasteiger partial charge in [-0.3, -0.25) is 0 Å². The monoisotopic (exact) mass is 289 g/mol. The summed E-state index contributed by atoms with van der Waals surface area (Å²) in [6.45, 7) is 7.28. The lowest BCUT2D eigenvalue weighted by Crippen LogP contribution is -2.61. The van der Waals surface area contributed by atoms with Crippen LogP contribution in [0.2, 0.25) is 0 Å². The Labute approximate surface area is 114 Å². The van der Waals surface area contributed by atoms with Crippen molar-refractivity contribution in [2.24, 2.45) is 5.92 Å². The minimum absolute atomic E-state index is 0.0775. The highest BCUT2D eigenvalue weighted by molar-refractivity contribution is 7.91. The zero-order valence-electron chi connectivity index (χ0n) is 11.7. The summed E-state index contributed by atoms with van der Waals surface area (Å²) in [6.07, 6.45) is 0. The number of fused-ring (bicyclic) bond motifs is 1. The zero-order chi connectivity index (χ0) is 14.2. The molecule has 2 aliphatic rings. The van der Waals surface area contributed by atoms with E-state index in [0.29, 0.717) is 19.0 Å². The molecule has 1 unspecified atom stereocenters. The number of nitrogens with zero attached hydrogens (tertiary/aromatic N) is 1. The van der Waals surface area contributed by atoms with Crippen LogP contribution in [-0.2, 0) is 9.84 Å². The van der Waals surface area contributed by atoms with Crippen molar-refractivity contribution in [3.63, 3.8) is 0 Å². The molecule has 7 heteroatoms. The van der Waals surface area contributed by atoms with Crippen LogP contribution in [0.5, 0.6) is 0 Å².